The first-order chi connectivity index (χ1) is 26.7. The fourth-order valence-corrected chi connectivity index (χ4v) is 7.46. The molecule has 0 spiro atoms. The summed E-state index contributed by atoms with van der Waals surface area (Å²) in [5, 5.41) is 38.3. The van der Waals surface area contributed by atoms with Gasteiger partial charge in [0, 0.05) is 67.3 Å². The number of nitrogens with zero attached hydrogens (tertiary/aromatic N) is 6. The summed E-state index contributed by atoms with van der Waals surface area (Å²) in [7, 11) is 3.48. The van der Waals surface area contributed by atoms with Gasteiger partial charge in [0.1, 0.15) is 21.7 Å². The molecule has 0 aliphatic heterocycles. The van der Waals surface area contributed by atoms with Gasteiger partial charge in [-0.25, -0.2) is 4.79 Å². The van der Waals surface area contributed by atoms with Crippen molar-refractivity contribution in [3.63, 3.8) is 0 Å². The highest BCUT2D eigenvalue weighted by atomic mass is 35.5. The molecule has 0 amide bonds. The Morgan fingerprint density at radius 2 is 1.09 bits per heavy atom. The SMILES string of the molecule is Cc1cc(C(=O)O)ccc1C(CCC(=O)O)c1c(-c2ccccn2)nn(C)c1Cl.Cc1cc(Cl)ccc1C(CCC(=O)O)c1c(-c2ccccn2)nn(C)c1Cl. The van der Waals surface area contributed by atoms with Crippen molar-refractivity contribution in [2.45, 2.75) is 51.4 Å². The first-order valence-electron chi connectivity index (χ1n) is 17.5. The lowest BCUT2D eigenvalue weighted by Gasteiger charge is -2.20. The molecule has 4 heterocycles. The fraction of sp³-hybridized carbons (Fsp3) is 0.244. The van der Waals surface area contributed by atoms with Crippen molar-refractivity contribution in [2.75, 3.05) is 0 Å². The molecule has 0 bridgehead atoms. The van der Waals surface area contributed by atoms with Crippen LogP contribution in [-0.4, -0.2) is 62.8 Å². The van der Waals surface area contributed by atoms with Gasteiger partial charge in [0.25, 0.3) is 0 Å². The van der Waals surface area contributed by atoms with E-state index in [2.05, 4.69) is 20.2 Å². The van der Waals surface area contributed by atoms with Gasteiger partial charge in [0.05, 0.1) is 17.0 Å². The van der Waals surface area contributed by atoms with Crippen LogP contribution in [0.1, 0.15) is 81.3 Å². The summed E-state index contributed by atoms with van der Waals surface area (Å²) in [5.41, 5.74) is 7.71. The normalized spacial score (nSPS) is 12.1. The van der Waals surface area contributed by atoms with E-state index in [1.165, 1.54) is 10.7 Å². The highest BCUT2D eigenvalue weighted by Crippen LogP contribution is 2.42. The third kappa shape index (κ3) is 9.62. The van der Waals surface area contributed by atoms with E-state index >= 15 is 0 Å². The monoisotopic (exact) mass is 816 g/mol. The minimum absolute atomic E-state index is 0.0135. The van der Waals surface area contributed by atoms with Gasteiger partial charge in [-0.3, -0.25) is 28.9 Å². The van der Waals surface area contributed by atoms with Gasteiger partial charge in [-0.05, 0) is 97.5 Å². The number of hydrogen-bond donors (Lipinski definition) is 3. The molecule has 3 N–H and O–H groups in total. The van der Waals surface area contributed by atoms with Crippen LogP contribution in [0.5, 0.6) is 0 Å². The Hall–Kier alpha value is -5.56. The summed E-state index contributed by atoms with van der Waals surface area (Å²) >= 11 is 19.3. The molecule has 0 saturated carbocycles. The van der Waals surface area contributed by atoms with Crippen molar-refractivity contribution < 1.29 is 29.7 Å². The maximum absolute atomic E-state index is 11.3. The van der Waals surface area contributed by atoms with Crippen LogP contribution in [0.2, 0.25) is 15.3 Å². The van der Waals surface area contributed by atoms with Crippen LogP contribution in [0.3, 0.4) is 0 Å². The van der Waals surface area contributed by atoms with Gasteiger partial charge in [0.15, 0.2) is 0 Å². The van der Waals surface area contributed by atoms with Crippen LogP contribution in [0.15, 0.2) is 85.2 Å². The van der Waals surface area contributed by atoms with E-state index in [0.29, 0.717) is 50.1 Å². The molecule has 0 aliphatic rings. The first-order valence-corrected chi connectivity index (χ1v) is 18.6. The number of carboxylic acids is 3. The van der Waals surface area contributed by atoms with Crippen LogP contribution in [0.4, 0.5) is 0 Å². The molecule has 0 fully saturated rings. The van der Waals surface area contributed by atoms with Crippen LogP contribution in [0.25, 0.3) is 22.8 Å². The number of benzene rings is 2. The van der Waals surface area contributed by atoms with Crippen molar-refractivity contribution in [3.8, 4) is 22.8 Å². The average molecular weight is 818 g/mol. The topological polar surface area (TPSA) is 173 Å². The molecule has 290 valence electrons. The zero-order valence-corrected chi connectivity index (χ0v) is 33.2. The zero-order chi connectivity index (χ0) is 40.7. The van der Waals surface area contributed by atoms with E-state index in [4.69, 9.17) is 34.8 Å². The molecule has 15 heteroatoms. The molecule has 2 atom stereocenters. The van der Waals surface area contributed by atoms with Crippen molar-refractivity contribution >= 4 is 52.7 Å². The minimum Gasteiger partial charge on any atom is -0.481 e. The zero-order valence-electron chi connectivity index (χ0n) is 30.9. The lowest BCUT2D eigenvalue weighted by molar-refractivity contribution is -0.138. The van der Waals surface area contributed by atoms with E-state index in [1.54, 1.807) is 56.3 Å². The highest BCUT2D eigenvalue weighted by Gasteiger charge is 2.30. The standard InChI is InChI=1S/C21H20ClN3O4.C20H19Cl2N3O2/c1-12-11-13(21(28)29)6-7-14(12)15(8-9-17(26)27)18-19(24-25(2)20(18)22)16-5-3-4-10-23-16;1-12-11-13(21)6-7-14(12)15(8-9-17(26)27)18-19(24-25(2)20(18)22)16-5-3-4-10-23-16/h3-7,10-11,15H,8-9H2,1-2H3,(H,26,27)(H,28,29);3-7,10-11,15H,8-9H2,1-2H3,(H,26,27). The molecular weight excluding hydrogens is 779 g/mol. The van der Waals surface area contributed by atoms with Gasteiger partial charge in [-0.2, -0.15) is 10.2 Å². The molecule has 56 heavy (non-hydrogen) atoms. The van der Waals surface area contributed by atoms with Gasteiger partial charge >= 0.3 is 17.9 Å². The third-order valence-corrected chi connectivity index (χ3v) is 10.5. The van der Waals surface area contributed by atoms with E-state index in [0.717, 1.165) is 27.8 Å². The van der Waals surface area contributed by atoms with Gasteiger partial charge < -0.3 is 15.3 Å². The Kier molecular flexibility index (Phi) is 13.7. The average Bonchev–Trinajstić information content (AvgIpc) is 3.63. The third-order valence-electron chi connectivity index (χ3n) is 9.33. The van der Waals surface area contributed by atoms with Crippen molar-refractivity contribution in [3.05, 3.63) is 139 Å². The number of rotatable bonds is 13. The summed E-state index contributed by atoms with van der Waals surface area (Å²) in [6, 6.07) is 21.5. The van der Waals surface area contributed by atoms with Gasteiger partial charge in [-0.15, -0.1) is 0 Å². The number of pyridine rings is 2. The Bertz CT molecular complexity index is 2370. The van der Waals surface area contributed by atoms with Crippen molar-refractivity contribution in [1.29, 1.82) is 0 Å². The number of aromatic nitrogens is 6. The summed E-state index contributed by atoms with van der Waals surface area (Å²) in [6.07, 6.45) is 3.97. The van der Waals surface area contributed by atoms with E-state index in [9.17, 15) is 29.7 Å². The van der Waals surface area contributed by atoms with Gasteiger partial charge in [0.2, 0.25) is 0 Å². The molecule has 2 unspecified atom stereocenters. The number of aliphatic carboxylic acids is 2. The lowest BCUT2D eigenvalue weighted by Crippen LogP contribution is -2.09. The van der Waals surface area contributed by atoms with Crippen molar-refractivity contribution in [1.82, 2.24) is 29.5 Å². The summed E-state index contributed by atoms with van der Waals surface area (Å²) in [4.78, 5) is 42.6. The van der Waals surface area contributed by atoms with Crippen LogP contribution in [-0.2, 0) is 23.7 Å². The Balaban J connectivity index is 0.000000215. The second-order valence-electron chi connectivity index (χ2n) is 13.1. The van der Waals surface area contributed by atoms with Gasteiger partial charge in [-0.1, -0.05) is 59.1 Å². The molecule has 4 aromatic heterocycles. The molecular formula is C41H39Cl3N6O6. The number of hydrogen-bond acceptors (Lipinski definition) is 7. The second-order valence-corrected chi connectivity index (χ2v) is 14.3. The molecule has 2 aromatic carbocycles. The predicted molar refractivity (Wildman–Crippen MR) is 215 cm³/mol. The number of halogens is 3. The van der Waals surface area contributed by atoms with E-state index < -0.39 is 17.9 Å². The summed E-state index contributed by atoms with van der Waals surface area (Å²) < 4.78 is 3.13. The predicted octanol–water partition coefficient (Wildman–Crippen LogP) is 9.23. The molecule has 12 nitrogen and oxygen atoms in total. The molecule has 0 radical (unpaired) electrons. The van der Waals surface area contributed by atoms with Crippen LogP contribution in [0, 0.1) is 13.8 Å². The molecule has 0 saturated heterocycles. The summed E-state index contributed by atoms with van der Waals surface area (Å²) in [6.45, 7) is 3.76. The number of aromatic carboxylic acids is 1. The summed E-state index contributed by atoms with van der Waals surface area (Å²) in [5.74, 6) is -3.42. The molecule has 6 aromatic rings. The van der Waals surface area contributed by atoms with Crippen LogP contribution < -0.4 is 0 Å². The Morgan fingerprint density at radius 1 is 0.643 bits per heavy atom. The largest absolute Gasteiger partial charge is 0.481 e. The maximum Gasteiger partial charge on any atom is 0.335 e. The fourth-order valence-electron chi connectivity index (χ4n) is 6.72. The lowest BCUT2D eigenvalue weighted by atomic mass is 9.84. The van der Waals surface area contributed by atoms with Crippen LogP contribution >= 0.6 is 34.8 Å². The number of aryl methyl sites for hydroxylation is 4. The smallest absolute Gasteiger partial charge is 0.335 e. The van der Waals surface area contributed by atoms with E-state index in [1.807, 2.05) is 55.5 Å². The van der Waals surface area contributed by atoms with E-state index in [-0.39, 0.29) is 36.7 Å². The molecule has 0 aliphatic carbocycles. The molecule has 6 rings (SSSR count). The Morgan fingerprint density at radius 3 is 1.46 bits per heavy atom. The highest BCUT2D eigenvalue weighted by molar-refractivity contribution is 6.31. The van der Waals surface area contributed by atoms with Crippen molar-refractivity contribution in [2.24, 2.45) is 14.1 Å². The number of carboxylic acid groups (broad SMARTS) is 3. The number of carbonyl (C=O) groups is 3. The maximum atomic E-state index is 11.3. The minimum atomic E-state index is -1.02. The second kappa shape index (κ2) is 18.4. The Labute approximate surface area is 338 Å². The first kappa shape index (κ1) is 41.6. The quantitative estimate of drug-likeness (QED) is 0.102.